The molecule has 1 heteroatoms. The molecule has 1 aromatic carbocycles. The molecule has 8 heavy (non-hydrogen) atoms. The Bertz CT molecular complexity index is 134. The summed E-state index contributed by atoms with van der Waals surface area (Å²) >= 11 is 0. The predicted molar refractivity (Wildman–Crippen MR) is 30.9 cm³/mol. The van der Waals surface area contributed by atoms with Gasteiger partial charge in [-0.1, -0.05) is 30.3 Å². The number of benzene rings is 1. The summed E-state index contributed by atoms with van der Waals surface area (Å²) in [5.41, 5.74) is 1.07. The standard InChI is InChI=1S/C7H7.Cu/c1-7-5-3-2-4-6-7;/h2-6H,1H2;. The molecule has 0 aliphatic carbocycles. The van der Waals surface area contributed by atoms with Gasteiger partial charge >= 0.3 is 0 Å². The van der Waals surface area contributed by atoms with Gasteiger partial charge in [0.25, 0.3) is 0 Å². The van der Waals surface area contributed by atoms with Crippen molar-refractivity contribution in [1.29, 1.82) is 0 Å². The summed E-state index contributed by atoms with van der Waals surface area (Å²) < 4.78 is 0. The molecule has 0 heterocycles. The van der Waals surface area contributed by atoms with E-state index in [1.165, 1.54) is 0 Å². The number of rotatable bonds is 0. The summed E-state index contributed by atoms with van der Waals surface area (Å²) in [6.07, 6.45) is 0. The molecule has 1 aromatic rings. The van der Waals surface area contributed by atoms with Crippen molar-refractivity contribution in [2.24, 2.45) is 0 Å². The number of hydrogen-bond donors (Lipinski definition) is 0. The molecule has 0 N–H and O–H groups in total. The summed E-state index contributed by atoms with van der Waals surface area (Å²) in [6, 6.07) is 9.87. The van der Waals surface area contributed by atoms with Gasteiger partial charge in [-0.15, -0.1) is 0 Å². The zero-order chi connectivity index (χ0) is 5.11. The quantitative estimate of drug-likeness (QED) is 0.501. The Morgan fingerprint density at radius 2 is 1.50 bits per heavy atom. The second-order valence-corrected chi connectivity index (χ2v) is 1.49. The summed E-state index contributed by atoms with van der Waals surface area (Å²) in [6.45, 7) is 3.72. The second-order valence-electron chi connectivity index (χ2n) is 1.49. The minimum Gasteiger partial charge on any atom is -0.0622 e. The van der Waals surface area contributed by atoms with E-state index in [2.05, 4.69) is 6.92 Å². The second kappa shape index (κ2) is 3.71. The van der Waals surface area contributed by atoms with Crippen molar-refractivity contribution in [3.63, 3.8) is 0 Å². The van der Waals surface area contributed by atoms with E-state index in [0.717, 1.165) is 5.56 Å². The van der Waals surface area contributed by atoms with Crippen molar-refractivity contribution < 1.29 is 17.1 Å². The van der Waals surface area contributed by atoms with Gasteiger partial charge in [0.2, 0.25) is 0 Å². The van der Waals surface area contributed by atoms with Crippen molar-refractivity contribution >= 4 is 0 Å². The molecule has 0 aliphatic heterocycles. The first kappa shape index (κ1) is 7.74. The van der Waals surface area contributed by atoms with E-state index in [-0.39, 0.29) is 17.1 Å². The Hall–Kier alpha value is -0.261. The van der Waals surface area contributed by atoms with Gasteiger partial charge in [0.05, 0.1) is 0 Å². The average Bonchev–Trinajstić information content (AvgIpc) is 1.69. The van der Waals surface area contributed by atoms with Gasteiger partial charge in [0.1, 0.15) is 0 Å². The third-order valence-electron chi connectivity index (χ3n) is 0.843. The molecule has 0 saturated carbocycles. The molecular formula is C7H7Cu. The third-order valence-corrected chi connectivity index (χ3v) is 0.843. The molecule has 1 rings (SSSR count). The van der Waals surface area contributed by atoms with Crippen LogP contribution in [0.5, 0.6) is 0 Å². The first-order valence-corrected chi connectivity index (χ1v) is 2.26. The molecule has 46 valence electrons. The monoisotopic (exact) mass is 154 g/mol. The van der Waals surface area contributed by atoms with Crippen molar-refractivity contribution in [1.82, 2.24) is 0 Å². The SMILES string of the molecule is [CH2]c1ccccc1.[Cu]. The molecule has 0 nitrogen and oxygen atoms in total. The van der Waals surface area contributed by atoms with E-state index >= 15 is 0 Å². The summed E-state index contributed by atoms with van der Waals surface area (Å²) in [5.74, 6) is 0. The fraction of sp³-hybridized carbons (Fsp3) is 0. The van der Waals surface area contributed by atoms with Crippen LogP contribution < -0.4 is 0 Å². The van der Waals surface area contributed by atoms with E-state index in [1.54, 1.807) is 0 Å². The molecule has 0 spiro atoms. The normalized spacial score (nSPS) is 7.62. The van der Waals surface area contributed by atoms with Gasteiger partial charge < -0.3 is 0 Å². The largest absolute Gasteiger partial charge is 0.0622 e. The first-order valence-electron chi connectivity index (χ1n) is 2.26. The maximum Gasteiger partial charge on any atom is 0 e. The maximum absolute atomic E-state index is 3.72. The zero-order valence-electron chi connectivity index (χ0n) is 4.40. The van der Waals surface area contributed by atoms with Gasteiger partial charge in [-0.05, 0) is 12.5 Å². The Morgan fingerprint density at radius 3 is 1.75 bits per heavy atom. The Labute approximate surface area is 60.4 Å². The van der Waals surface area contributed by atoms with Crippen LogP contribution in [0.15, 0.2) is 30.3 Å². The summed E-state index contributed by atoms with van der Waals surface area (Å²) in [7, 11) is 0. The topological polar surface area (TPSA) is 0 Å². The smallest absolute Gasteiger partial charge is 0 e. The average molecular weight is 155 g/mol. The van der Waals surface area contributed by atoms with Gasteiger partial charge in [-0.3, -0.25) is 0 Å². The summed E-state index contributed by atoms with van der Waals surface area (Å²) in [4.78, 5) is 0. The molecule has 0 amide bonds. The molecule has 0 unspecified atom stereocenters. The van der Waals surface area contributed by atoms with Crippen molar-refractivity contribution in [3.05, 3.63) is 42.8 Å². The first-order chi connectivity index (χ1) is 3.39. The van der Waals surface area contributed by atoms with Gasteiger partial charge in [0.15, 0.2) is 0 Å². The molecule has 0 bridgehead atoms. The fourth-order valence-electron chi connectivity index (χ4n) is 0.478. The van der Waals surface area contributed by atoms with E-state index in [4.69, 9.17) is 0 Å². The molecule has 0 fully saturated rings. The van der Waals surface area contributed by atoms with Crippen LogP contribution >= 0.6 is 0 Å². The van der Waals surface area contributed by atoms with E-state index < -0.39 is 0 Å². The van der Waals surface area contributed by atoms with E-state index in [1.807, 2.05) is 30.3 Å². The van der Waals surface area contributed by atoms with Gasteiger partial charge in [0, 0.05) is 17.1 Å². The van der Waals surface area contributed by atoms with Crippen molar-refractivity contribution in [2.75, 3.05) is 0 Å². The van der Waals surface area contributed by atoms with E-state index in [9.17, 15) is 0 Å². The zero-order valence-corrected chi connectivity index (χ0v) is 5.34. The fourth-order valence-corrected chi connectivity index (χ4v) is 0.478. The van der Waals surface area contributed by atoms with Gasteiger partial charge in [-0.25, -0.2) is 0 Å². The molecule has 0 aliphatic rings. The van der Waals surface area contributed by atoms with Crippen LogP contribution in [0.3, 0.4) is 0 Å². The Morgan fingerprint density at radius 1 is 1.00 bits per heavy atom. The van der Waals surface area contributed by atoms with Crippen molar-refractivity contribution in [3.8, 4) is 0 Å². The van der Waals surface area contributed by atoms with Crippen LogP contribution in [0.4, 0.5) is 0 Å². The molecule has 0 saturated heterocycles. The molecule has 0 atom stereocenters. The Balaban J connectivity index is 0.000000490. The Kier molecular flexibility index (Phi) is 3.59. The van der Waals surface area contributed by atoms with Gasteiger partial charge in [-0.2, -0.15) is 0 Å². The minimum absolute atomic E-state index is 0. The molecule has 0 aromatic heterocycles. The van der Waals surface area contributed by atoms with Crippen molar-refractivity contribution in [2.45, 2.75) is 0 Å². The van der Waals surface area contributed by atoms with Crippen LogP contribution in [-0.2, 0) is 17.1 Å². The van der Waals surface area contributed by atoms with Crippen LogP contribution in [0.1, 0.15) is 5.56 Å². The minimum atomic E-state index is 0. The third kappa shape index (κ3) is 2.15. The summed E-state index contributed by atoms with van der Waals surface area (Å²) in [5, 5.41) is 0. The maximum atomic E-state index is 3.72. The predicted octanol–water partition coefficient (Wildman–Crippen LogP) is 1.87. The molecule has 2 radical (unpaired) electrons. The van der Waals surface area contributed by atoms with Crippen LogP contribution in [0, 0.1) is 6.92 Å². The van der Waals surface area contributed by atoms with Crippen LogP contribution in [-0.4, -0.2) is 0 Å². The van der Waals surface area contributed by atoms with Crippen LogP contribution in [0.25, 0.3) is 0 Å². The number of hydrogen-bond acceptors (Lipinski definition) is 0. The van der Waals surface area contributed by atoms with Crippen LogP contribution in [0.2, 0.25) is 0 Å². The molecular weight excluding hydrogens is 148 g/mol. The van der Waals surface area contributed by atoms with E-state index in [0.29, 0.717) is 0 Å².